The van der Waals surface area contributed by atoms with Crippen molar-refractivity contribution in [1.82, 2.24) is 3.97 Å². The lowest BCUT2D eigenvalue weighted by atomic mass is 9.99. The first-order valence-corrected chi connectivity index (χ1v) is 14.0. The molecule has 0 aliphatic heterocycles. The van der Waals surface area contributed by atoms with Crippen LogP contribution in [0.4, 0.5) is 4.39 Å². The zero-order chi connectivity index (χ0) is 25.5. The molecule has 4 aromatic carbocycles. The molecule has 182 valence electrons. The summed E-state index contributed by atoms with van der Waals surface area (Å²) in [6.07, 6.45) is 0.110. The molecule has 0 aliphatic carbocycles. The predicted molar refractivity (Wildman–Crippen MR) is 137 cm³/mol. The fourth-order valence-electron chi connectivity index (χ4n) is 4.36. The third-order valence-corrected chi connectivity index (χ3v) is 8.74. The average molecular weight is 521 g/mol. The molecule has 0 saturated heterocycles. The first kappa shape index (κ1) is 23.9. The minimum Gasteiger partial charge on any atom is -0.223 e. The summed E-state index contributed by atoms with van der Waals surface area (Å²) in [5.41, 5.74) is 2.84. The van der Waals surface area contributed by atoms with Crippen molar-refractivity contribution in [1.29, 1.82) is 0 Å². The Morgan fingerprint density at radius 1 is 0.722 bits per heavy atom. The largest absolute Gasteiger partial charge is 0.269 e. The second kappa shape index (κ2) is 9.02. The minimum atomic E-state index is -4.46. The van der Waals surface area contributed by atoms with E-state index in [2.05, 4.69) is 0 Å². The van der Waals surface area contributed by atoms with Gasteiger partial charge < -0.3 is 0 Å². The van der Waals surface area contributed by atoms with Crippen molar-refractivity contribution in [3.63, 3.8) is 0 Å². The standard InChI is InChI=1S/C27H21FN2O4S2/c28-22-15-13-20(14-16-22)21-8-6-7-19(17-21)18-25-24-11-4-5-12-26(24)30(27(25)35(29,31)32)36(33,34)23-9-2-1-3-10-23/h1-17H,18H2,(H2,29,31,32). The highest BCUT2D eigenvalue weighted by Crippen LogP contribution is 2.35. The van der Waals surface area contributed by atoms with Gasteiger partial charge in [-0.1, -0.05) is 72.8 Å². The number of sulfonamides is 1. The molecular formula is C27H21FN2O4S2. The van der Waals surface area contributed by atoms with E-state index in [1.165, 1.54) is 24.3 Å². The maximum atomic E-state index is 13.7. The van der Waals surface area contributed by atoms with Crippen LogP contribution in [0.1, 0.15) is 11.1 Å². The van der Waals surface area contributed by atoms with E-state index in [1.54, 1.807) is 54.6 Å². The van der Waals surface area contributed by atoms with Crippen LogP contribution in [-0.2, 0) is 26.5 Å². The van der Waals surface area contributed by atoms with Crippen molar-refractivity contribution in [3.05, 3.63) is 120 Å². The number of para-hydroxylation sites is 1. The Labute approximate surface area is 208 Å². The van der Waals surface area contributed by atoms with Gasteiger partial charge in [0.15, 0.2) is 5.03 Å². The summed E-state index contributed by atoms with van der Waals surface area (Å²) < 4.78 is 67.3. The molecule has 0 spiro atoms. The number of halogens is 1. The molecule has 6 nitrogen and oxygen atoms in total. The second-order valence-corrected chi connectivity index (χ2v) is 11.6. The van der Waals surface area contributed by atoms with E-state index in [0.29, 0.717) is 5.39 Å². The number of aromatic nitrogens is 1. The Morgan fingerprint density at radius 2 is 1.39 bits per heavy atom. The van der Waals surface area contributed by atoms with Crippen molar-refractivity contribution in [2.24, 2.45) is 5.14 Å². The average Bonchev–Trinajstić information content (AvgIpc) is 3.21. The zero-order valence-electron chi connectivity index (χ0n) is 18.9. The normalized spacial score (nSPS) is 12.2. The number of hydrogen-bond donors (Lipinski definition) is 1. The van der Waals surface area contributed by atoms with Crippen LogP contribution >= 0.6 is 0 Å². The maximum Gasteiger partial charge on any atom is 0.269 e. The van der Waals surface area contributed by atoms with Crippen LogP contribution in [0.5, 0.6) is 0 Å². The number of hydrogen-bond acceptors (Lipinski definition) is 4. The predicted octanol–water partition coefficient (Wildman–Crippen LogP) is 4.92. The molecule has 2 N–H and O–H groups in total. The van der Waals surface area contributed by atoms with Crippen molar-refractivity contribution in [2.75, 3.05) is 0 Å². The molecule has 5 rings (SSSR count). The molecule has 0 radical (unpaired) electrons. The monoisotopic (exact) mass is 520 g/mol. The molecule has 9 heteroatoms. The summed E-state index contributed by atoms with van der Waals surface area (Å²) in [6, 6.07) is 27.6. The fourth-order valence-corrected chi connectivity index (χ4v) is 7.27. The fraction of sp³-hybridized carbons (Fsp3) is 0.0370. The summed E-state index contributed by atoms with van der Waals surface area (Å²) in [5.74, 6) is -0.347. The van der Waals surface area contributed by atoms with E-state index in [0.717, 1.165) is 20.7 Å². The van der Waals surface area contributed by atoms with Crippen LogP contribution in [0.15, 0.2) is 113 Å². The first-order chi connectivity index (χ1) is 17.2. The SMILES string of the molecule is NS(=O)(=O)c1c(Cc2cccc(-c3ccc(F)cc3)c2)c2ccccc2n1S(=O)(=O)c1ccccc1. The van der Waals surface area contributed by atoms with Gasteiger partial charge in [-0.3, -0.25) is 0 Å². The molecule has 0 atom stereocenters. The molecular weight excluding hydrogens is 499 g/mol. The van der Waals surface area contributed by atoms with Gasteiger partial charge >= 0.3 is 0 Å². The molecule has 0 fully saturated rings. The van der Waals surface area contributed by atoms with E-state index in [-0.39, 0.29) is 28.2 Å². The molecule has 1 aromatic heterocycles. The number of benzene rings is 4. The highest BCUT2D eigenvalue weighted by molar-refractivity contribution is 7.92. The Balaban J connectivity index is 1.73. The summed E-state index contributed by atoms with van der Waals surface area (Å²) in [6.45, 7) is 0. The van der Waals surface area contributed by atoms with Crippen LogP contribution in [0.2, 0.25) is 0 Å². The lowest BCUT2D eigenvalue weighted by molar-refractivity contribution is 0.573. The van der Waals surface area contributed by atoms with Crippen molar-refractivity contribution in [3.8, 4) is 11.1 Å². The molecule has 0 unspecified atom stereocenters. The third kappa shape index (κ3) is 4.32. The van der Waals surface area contributed by atoms with Gasteiger partial charge in [0.05, 0.1) is 10.4 Å². The van der Waals surface area contributed by atoms with Crippen LogP contribution < -0.4 is 5.14 Å². The lowest BCUT2D eigenvalue weighted by Crippen LogP contribution is -2.23. The van der Waals surface area contributed by atoms with Gasteiger partial charge in [0.2, 0.25) is 0 Å². The van der Waals surface area contributed by atoms with E-state index in [9.17, 15) is 21.2 Å². The smallest absolute Gasteiger partial charge is 0.223 e. The molecule has 0 bridgehead atoms. The third-order valence-electron chi connectivity index (χ3n) is 5.93. The number of primary sulfonamides is 1. The molecule has 0 saturated carbocycles. The minimum absolute atomic E-state index is 0.0551. The Morgan fingerprint density at radius 3 is 2.08 bits per heavy atom. The molecule has 0 amide bonds. The quantitative estimate of drug-likeness (QED) is 0.343. The number of nitrogens with zero attached hydrogens (tertiary/aromatic N) is 1. The summed E-state index contributed by atoms with van der Waals surface area (Å²) in [5, 5.41) is 5.63. The van der Waals surface area contributed by atoms with Gasteiger partial charge in [-0.15, -0.1) is 0 Å². The first-order valence-electron chi connectivity index (χ1n) is 11.0. The zero-order valence-corrected chi connectivity index (χ0v) is 20.5. The highest BCUT2D eigenvalue weighted by atomic mass is 32.2. The van der Waals surface area contributed by atoms with Gasteiger partial charge in [-0.2, -0.15) is 0 Å². The molecule has 1 heterocycles. The van der Waals surface area contributed by atoms with Crippen LogP contribution in [0.3, 0.4) is 0 Å². The van der Waals surface area contributed by atoms with Crippen molar-refractivity contribution < 1.29 is 21.2 Å². The summed E-state index contributed by atoms with van der Waals surface area (Å²) in [7, 11) is -8.75. The lowest BCUT2D eigenvalue weighted by Gasteiger charge is -2.12. The van der Waals surface area contributed by atoms with Crippen LogP contribution in [0, 0.1) is 5.82 Å². The van der Waals surface area contributed by atoms with E-state index >= 15 is 0 Å². The van der Waals surface area contributed by atoms with Gasteiger partial charge in [-0.25, -0.2) is 30.3 Å². The van der Waals surface area contributed by atoms with E-state index < -0.39 is 25.1 Å². The molecule has 0 aliphatic rings. The topological polar surface area (TPSA) is 99.2 Å². The Bertz CT molecular complexity index is 1800. The second-order valence-electron chi connectivity index (χ2n) is 8.31. The van der Waals surface area contributed by atoms with Crippen molar-refractivity contribution >= 4 is 30.9 Å². The van der Waals surface area contributed by atoms with Gasteiger partial charge in [-0.05, 0) is 47.0 Å². The van der Waals surface area contributed by atoms with Crippen molar-refractivity contribution in [2.45, 2.75) is 16.3 Å². The molecule has 5 aromatic rings. The van der Waals surface area contributed by atoms with Crippen LogP contribution in [0.25, 0.3) is 22.0 Å². The molecule has 36 heavy (non-hydrogen) atoms. The van der Waals surface area contributed by atoms with Gasteiger partial charge in [0.25, 0.3) is 20.0 Å². The number of rotatable bonds is 6. The Hall–Kier alpha value is -3.79. The van der Waals surface area contributed by atoms with Gasteiger partial charge in [0.1, 0.15) is 5.82 Å². The summed E-state index contributed by atoms with van der Waals surface area (Å²) >= 11 is 0. The number of nitrogens with two attached hydrogens (primary N) is 1. The van der Waals surface area contributed by atoms with E-state index in [4.69, 9.17) is 5.14 Å². The number of fused-ring (bicyclic) bond motifs is 1. The van der Waals surface area contributed by atoms with E-state index in [1.807, 2.05) is 24.3 Å². The van der Waals surface area contributed by atoms with Crippen LogP contribution in [-0.4, -0.2) is 20.8 Å². The highest BCUT2D eigenvalue weighted by Gasteiger charge is 2.32. The summed E-state index contributed by atoms with van der Waals surface area (Å²) in [4.78, 5) is -0.0551. The maximum absolute atomic E-state index is 13.7. The van der Waals surface area contributed by atoms with Gasteiger partial charge in [0, 0.05) is 17.4 Å². The Kier molecular flexibility index (Phi) is 5.99.